The Morgan fingerprint density at radius 1 is 0.812 bits per heavy atom. The Labute approximate surface area is 102 Å². The molecule has 0 bridgehead atoms. The fraction of sp³-hybridized carbons (Fsp3) is 0.0714. The Bertz CT molecular complexity index is 661. The monoisotopic (exact) mass is 271 g/mol. The predicted octanol–water partition coefficient (Wildman–Crippen LogP) is 4.28. The lowest BCUT2D eigenvalue weighted by Crippen LogP contribution is -1.89. The maximum atomic E-state index is 4.67. The first-order valence-electron chi connectivity index (χ1n) is 5.22. The van der Waals surface area contributed by atoms with Crippen LogP contribution in [0.1, 0.15) is 5.69 Å². The lowest BCUT2D eigenvalue weighted by molar-refractivity contribution is 1.27. The molecule has 0 unspecified atom stereocenters. The Balaban J connectivity index is 2.57. The van der Waals surface area contributed by atoms with Crippen LogP contribution in [-0.2, 0) is 5.33 Å². The van der Waals surface area contributed by atoms with Crippen LogP contribution in [0.15, 0.2) is 48.5 Å². The Kier molecular flexibility index (Phi) is 2.37. The highest BCUT2D eigenvalue weighted by atomic mass is 79.9. The van der Waals surface area contributed by atoms with Crippen molar-refractivity contribution in [2.75, 3.05) is 0 Å². The number of hydrogen-bond acceptors (Lipinski definition) is 1. The first-order chi connectivity index (χ1) is 7.90. The van der Waals surface area contributed by atoms with Crippen molar-refractivity contribution in [2.45, 2.75) is 5.33 Å². The highest BCUT2D eigenvalue weighted by Crippen LogP contribution is 2.26. The minimum atomic E-state index is 0.790. The summed E-state index contributed by atoms with van der Waals surface area (Å²) in [5.74, 6) is 0. The Hall–Kier alpha value is -1.41. The van der Waals surface area contributed by atoms with E-state index in [1.807, 2.05) is 6.07 Å². The number of fused-ring (bicyclic) bond motifs is 3. The average Bonchev–Trinajstić information content (AvgIpc) is 2.38. The average molecular weight is 272 g/mol. The predicted molar refractivity (Wildman–Crippen MR) is 71.9 cm³/mol. The minimum Gasteiger partial charge on any atom is -0.251 e. The van der Waals surface area contributed by atoms with Gasteiger partial charge in [-0.2, -0.15) is 0 Å². The highest BCUT2D eigenvalue weighted by molar-refractivity contribution is 9.08. The zero-order valence-corrected chi connectivity index (χ0v) is 10.2. The summed E-state index contributed by atoms with van der Waals surface area (Å²) in [4.78, 5) is 4.67. The molecule has 0 fully saturated rings. The van der Waals surface area contributed by atoms with Gasteiger partial charge < -0.3 is 0 Å². The number of rotatable bonds is 1. The molecule has 0 aliphatic rings. The molecule has 2 aromatic carbocycles. The molecule has 0 radical (unpaired) electrons. The van der Waals surface area contributed by atoms with Gasteiger partial charge in [-0.15, -0.1) is 0 Å². The maximum Gasteiger partial charge on any atom is 0.0712 e. The third-order valence-electron chi connectivity index (χ3n) is 2.81. The Morgan fingerprint density at radius 2 is 1.44 bits per heavy atom. The molecule has 1 heterocycles. The molecule has 0 aliphatic heterocycles. The van der Waals surface area contributed by atoms with E-state index in [2.05, 4.69) is 63.4 Å². The number of hydrogen-bond donors (Lipinski definition) is 0. The van der Waals surface area contributed by atoms with E-state index in [-0.39, 0.29) is 0 Å². The summed E-state index contributed by atoms with van der Waals surface area (Å²) in [7, 11) is 0. The number of alkyl halides is 1. The van der Waals surface area contributed by atoms with Crippen LogP contribution in [0, 0.1) is 0 Å². The molecule has 3 rings (SSSR count). The summed E-state index contributed by atoms with van der Waals surface area (Å²) in [5.41, 5.74) is 2.17. The largest absolute Gasteiger partial charge is 0.251 e. The summed E-state index contributed by atoms with van der Waals surface area (Å²) in [6, 6.07) is 16.7. The van der Waals surface area contributed by atoms with Crippen LogP contribution in [0.4, 0.5) is 0 Å². The third-order valence-corrected chi connectivity index (χ3v) is 3.35. The van der Waals surface area contributed by atoms with Gasteiger partial charge in [0.1, 0.15) is 0 Å². The van der Waals surface area contributed by atoms with Crippen molar-refractivity contribution >= 4 is 37.6 Å². The van der Waals surface area contributed by atoms with E-state index >= 15 is 0 Å². The molecule has 2 heteroatoms. The zero-order valence-electron chi connectivity index (χ0n) is 8.65. The van der Waals surface area contributed by atoms with Crippen LogP contribution in [-0.4, -0.2) is 4.98 Å². The second-order valence-electron chi connectivity index (χ2n) is 3.75. The SMILES string of the molecule is BrCc1nc2ccccc2c2ccccc12. The summed E-state index contributed by atoms with van der Waals surface area (Å²) < 4.78 is 0. The first-order valence-corrected chi connectivity index (χ1v) is 6.34. The number of aromatic nitrogens is 1. The van der Waals surface area contributed by atoms with Crippen molar-refractivity contribution in [3.63, 3.8) is 0 Å². The van der Waals surface area contributed by atoms with E-state index in [9.17, 15) is 0 Å². The van der Waals surface area contributed by atoms with Gasteiger partial charge in [-0.05, 0) is 11.5 Å². The van der Waals surface area contributed by atoms with Crippen LogP contribution >= 0.6 is 15.9 Å². The molecule has 0 saturated carbocycles. The molecule has 0 N–H and O–H groups in total. The maximum absolute atomic E-state index is 4.67. The lowest BCUT2D eigenvalue weighted by Gasteiger charge is -2.07. The highest BCUT2D eigenvalue weighted by Gasteiger charge is 2.05. The van der Waals surface area contributed by atoms with Gasteiger partial charge in [0.2, 0.25) is 0 Å². The van der Waals surface area contributed by atoms with Gasteiger partial charge in [0.25, 0.3) is 0 Å². The topological polar surface area (TPSA) is 12.9 Å². The van der Waals surface area contributed by atoms with Crippen LogP contribution in [0.25, 0.3) is 21.7 Å². The second kappa shape index (κ2) is 3.87. The molecule has 0 spiro atoms. The zero-order chi connectivity index (χ0) is 11.0. The standard InChI is InChI=1S/C14H10BrN/c15-9-14-12-7-2-1-5-10(12)11-6-3-4-8-13(11)16-14/h1-8H,9H2. The molecule has 0 aliphatic carbocycles. The second-order valence-corrected chi connectivity index (χ2v) is 4.32. The van der Waals surface area contributed by atoms with Gasteiger partial charge in [0.15, 0.2) is 0 Å². The van der Waals surface area contributed by atoms with Crippen molar-refractivity contribution in [1.29, 1.82) is 0 Å². The van der Waals surface area contributed by atoms with E-state index in [1.165, 1.54) is 16.2 Å². The van der Waals surface area contributed by atoms with Crippen molar-refractivity contribution in [3.05, 3.63) is 54.2 Å². The van der Waals surface area contributed by atoms with E-state index < -0.39 is 0 Å². The van der Waals surface area contributed by atoms with Crippen LogP contribution in [0.5, 0.6) is 0 Å². The molecule has 3 aromatic rings. The first kappa shape index (κ1) is 9.79. The summed E-state index contributed by atoms with van der Waals surface area (Å²) >= 11 is 3.50. The van der Waals surface area contributed by atoms with Crippen molar-refractivity contribution in [1.82, 2.24) is 4.98 Å². The van der Waals surface area contributed by atoms with Gasteiger partial charge in [-0.1, -0.05) is 58.4 Å². The molecule has 16 heavy (non-hydrogen) atoms. The fourth-order valence-electron chi connectivity index (χ4n) is 2.08. The molecule has 1 aromatic heterocycles. The van der Waals surface area contributed by atoms with Gasteiger partial charge >= 0.3 is 0 Å². The molecule has 78 valence electrons. The molecular formula is C14H10BrN. The number of para-hydroxylation sites is 1. The van der Waals surface area contributed by atoms with Crippen molar-refractivity contribution in [2.24, 2.45) is 0 Å². The van der Waals surface area contributed by atoms with Crippen molar-refractivity contribution < 1.29 is 0 Å². The third kappa shape index (κ3) is 1.41. The van der Waals surface area contributed by atoms with Crippen LogP contribution in [0.2, 0.25) is 0 Å². The number of pyridine rings is 1. The smallest absolute Gasteiger partial charge is 0.0712 e. The van der Waals surface area contributed by atoms with Gasteiger partial charge in [-0.3, -0.25) is 4.98 Å². The van der Waals surface area contributed by atoms with Crippen LogP contribution in [0.3, 0.4) is 0 Å². The molecule has 0 amide bonds. The lowest BCUT2D eigenvalue weighted by atomic mass is 10.0. The van der Waals surface area contributed by atoms with Crippen LogP contribution < -0.4 is 0 Å². The molecule has 1 nitrogen and oxygen atoms in total. The van der Waals surface area contributed by atoms with E-state index in [0.29, 0.717) is 0 Å². The van der Waals surface area contributed by atoms with Crippen molar-refractivity contribution in [3.8, 4) is 0 Å². The van der Waals surface area contributed by atoms with Gasteiger partial charge in [0, 0.05) is 16.1 Å². The minimum absolute atomic E-state index is 0.790. The molecular weight excluding hydrogens is 262 g/mol. The van der Waals surface area contributed by atoms with E-state index in [0.717, 1.165) is 16.5 Å². The summed E-state index contributed by atoms with van der Waals surface area (Å²) in [5, 5.41) is 4.53. The summed E-state index contributed by atoms with van der Waals surface area (Å²) in [6.45, 7) is 0. The molecule has 0 atom stereocenters. The number of halogens is 1. The quantitative estimate of drug-likeness (QED) is 0.476. The number of benzene rings is 2. The number of nitrogens with zero attached hydrogens (tertiary/aromatic N) is 1. The van der Waals surface area contributed by atoms with Gasteiger partial charge in [-0.25, -0.2) is 0 Å². The molecule has 0 saturated heterocycles. The normalized spacial score (nSPS) is 11.1. The summed E-state index contributed by atoms with van der Waals surface area (Å²) in [6.07, 6.45) is 0. The Morgan fingerprint density at radius 3 is 2.19 bits per heavy atom. The van der Waals surface area contributed by atoms with E-state index in [4.69, 9.17) is 0 Å². The van der Waals surface area contributed by atoms with E-state index in [1.54, 1.807) is 0 Å². The van der Waals surface area contributed by atoms with Gasteiger partial charge in [0.05, 0.1) is 11.2 Å². The fourth-order valence-corrected chi connectivity index (χ4v) is 2.50.